The number of hydrogen-bond acceptors (Lipinski definition) is 5. The molecule has 0 aliphatic carbocycles. The predicted octanol–water partition coefficient (Wildman–Crippen LogP) is 3.25. The second kappa shape index (κ2) is 8.64. The number of anilines is 1. The van der Waals surface area contributed by atoms with Crippen molar-refractivity contribution in [3.63, 3.8) is 0 Å². The highest BCUT2D eigenvalue weighted by Crippen LogP contribution is 2.28. The van der Waals surface area contributed by atoms with Crippen LogP contribution in [0.3, 0.4) is 0 Å². The molecule has 3 amide bonds. The maximum absolute atomic E-state index is 13.1. The number of carbonyl (C=O) groups is 2. The van der Waals surface area contributed by atoms with Crippen molar-refractivity contribution >= 4 is 17.8 Å². The quantitative estimate of drug-likeness (QED) is 0.831. The molecule has 1 unspecified atom stereocenters. The van der Waals surface area contributed by atoms with Gasteiger partial charge in [-0.05, 0) is 32.9 Å². The molecular formula is C21H29N5O4. The number of benzene rings is 1. The third kappa shape index (κ3) is 4.84. The lowest BCUT2D eigenvalue weighted by molar-refractivity contribution is 0.00862. The molecule has 0 spiro atoms. The number of rotatable bonds is 3. The highest BCUT2D eigenvalue weighted by atomic mass is 16.6. The van der Waals surface area contributed by atoms with Crippen molar-refractivity contribution in [2.45, 2.75) is 32.4 Å². The van der Waals surface area contributed by atoms with Crippen LogP contribution < -0.4 is 10.1 Å². The molecule has 9 heteroatoms. The minimum atomic E-state index is -0.589. The molecule has 1 fully saturated rings. The van der Waals surface area contributed by atoms with Crippen LogP contribution in [0.2, 0.25) is 0 Å². The van der Waals surface area contributed by atoms with Gasteiger partial charge < -0.3 is 29.2 Å². The van der Waals surface area contributed by atoms with Gasteiger partial charge in [-0.3, -0.25) is 0 Å². The smallest absolute Gasteiger partial charge is 0.410 e. The summed E-state index contributed by atoms with van der Waals surface area (Å²) >= 11 is 0. The number of methoxy groups -OCH3 is 1. The Morgan fingerprint density at radius 2 is 1.93 bits per heavy atom. The zero-order valence-corrected chi connectivity index (χ0v) is 18.1. The van der Waals surface area contributed by atoms with Crippen molar-refractivity contribution in [3.8, 4) is 5.75 Å². The minimum absolute atomic E-state index is 0.281. The van der Waals surface area contributed by atoms with Crippen LogP contribution in [0, 0.1) is 0 Å². The van der Waals surface area contributed by atoms with E-state index in [-0.39, 0.29) is 6.03 Å². The number of para-hydroxylation sites is 2. The topological polar surface area (TPSA) is 88.9 Å². The van der Waals surface area contributed by atoms with Crippen molar-refractivity contribution in [1.29, 1.82) is 0 Å². The van der Waals surface area contributed by atoms with Gasteiger partial charge in [0.1, 0.15) is 23.2 Å². The van der Waals surface area contributed by atoms with Gasteiger partial charge in [0.25, 0.3) is 0 Å². The molecule has 1 N–H and O–H groups in total. The number of imidazole rings is 1. The van der Waals surface area contributed by atoms with Gasteiger partial charge in [0.05, 0.1) is 19.3 Å². The number of ether oxygens (including phenoxy) is 2. The van der Waals surface area contributed by atoms with Crippen LogP contribution in [0.5, 0.6) is 5.75 Å². The molecule has 0 radical (unpaired) electrons. The predicted molar refractivity (Wildman–Crippen MR) is 112 cm³/mol. The van der Waals surface area contributed by atoms with Crippen LogP contribution in [0.15, 0.2) is 36.7 Å². The van der Waals surface area contributed by atoms with Gasteiger partial charge in [-0.1, -0.05) is 12.1 Å². The summed E-state index contributed by atoms with van der Waals surface area (Å²) in [5.74, 6) is 1.27. The van der Waals surface area contributed by atoms with E-state index in [0.717, 1.165) is 0 Å². The SMILES string of the molecule is COc1ccccc1NC(=O)N1CCN(C(=O)OC(C)(C)C)CC1c1nccn1C. The molecule has 1 aromatic carbocycles. The molecule has 2 aromatic rings. The molecule has 3 rings (SSSR count). The summed E-state index contributed by atoms with van der Waals surface area (Å²) in [5.41, 5.74) is -0.00748. The average Bonchev–Trinajstić information content (AvgIpc) is 3.12. The fourth-order valence-corrected chi connectivity index (χ4v) is 3.37. The summed E-state index contributed by atoms with van der Waals surface area (Å²) in [6, 6.07) is 6.53. The second-order valence-corrected chi connectivity index (χ2v) is 8.16. The first-order valence-electron chi connectivity index (χ1n) is 9.85. The van der Waals surface area contributed by atoms with E-state index in [9.17, 15) is 9.59 Å². The number of piperazine rings is 1. The average molecular weight is 415 g/mol. The summed E-state index contributed by atoms with van der Waals surface area (Å²) in [5, 5.41) is 2.92. The number of nitrogens with one attached hydrogen (secondary N) is 1. The third-order valence-electron chi connectivity index (χ3n) is 4.80. The number of aryl methyl sites for hydroxylation is 1. The van der Waals surface area contributed by atoms with Gasteiger partial charge in [0.15, 0.2) is 0 Å². The Balaban J connectivity index is 1.82. The second-order valence-electron chi connectivity index (χ2n) is 8.16. The number of amides is 3. The van der Waals surface area contributed by atoms with E-state index in [4.69, 9.17) is 9.47 Å². The summed E-state index contributed by atoms with van der Waals surface area (Å²) < 4.78 is 12.7. The molecule has 1 saturated heterocycles. The maximum Gasteiger partial charge on any atom is 0.410 e. The Morgan fingerprint density at radius 1 is 1.20 bits per heavy atom. The summed E-state index contributed by atoms with van der Waals surface area (Å²) in [6.45, 7) is 6.50. The van der Waals surface area contributed by atoms with E-state index >= 15 is 0 Å². The molecule has 0 saturated carbocycles. The van der Waals surface area contributed by atoms with Crippen LogP contribution in [-0.2, 0) is 11.8 Å². The number of nitrogens with zero attached hydrogens (tertiary/aromatic N) is 4. The molecule has 1 aromatic heterocycles. The van der Waals surface area contributed by atoms with Gasteiger partial charge in [0.2, 0.25) is 0 Å². The van der Waals surface area contributed by atoms with Gasteiger partial charge in [-0.25, -0.2) is 14.6 Å². The van der Waals surface area contributed by atoms with Crippen LogP contribution >= 0.6 is 0 Å². The first kappa shape index (κ1) is 21.5. The van der Waals surface area contributed by atoms with Crippen LogP contribution in [0.4, 0.5) is 15.3 Å². The van der Waals surface area contributed by atoms with Crippen LogP contribution in [0.25, 0.3) is 0 Å². The third-order valence-corrected chi connectivity index (χ3v) is 4.80. The first-order chi connectivity index (χ1) is 14.2. The number of aromatic nitrogens is 2. The van der Waals surface area contributed by atoms with Crippen LogP contribution in [-0.4, -0.2) is 63.8 Å². The highest BCUT2D eigenvalue weighted by molar-refractivity contribution is 5.91. The fraction of sp³-hybridized carbons (Fsp3) is 0.476. The largest absolute Gasteiger partial charge is 0.495 e. The Labute approximate surface area is 176 Å². The molecular weight excluding hydrogens is 386 g/mol. The Morgan fingerprint density at radius 3 is 2.57 bits per heavy atom. The molecule has 30 heavy (non-hydrogen) atoms. The summed E-state index contributed by atoms with van der Waals surface area (Å²) in [6.07, 6.45) is 3.10. The Hall–Kier alpha value is -3.23. The summed E-state index contributed by atoms with van der Waals surface area (Å²) in [7, 11) is 3.42. The number of urea groups is 1. The Kier molecular flexibility index (Phi) is 6.19. The lowest BCUT2D eigenvalue weighted by Gasteiger charge is -2.41. The lowest BCUT2D eigenvalue weighted by Crippen LogP contribution is -2.54. The monoisotopic (exact) mass is 415 g/mol. The van der Waals surface area contributed by atoms with E-state index in [1.165, 1.54) is 0 Å². The zero-order valence-electron chi connectivity index (χ0n) is 18.1. The number of hydrogen-bond donors (Lipinski definition) is 1. The zero-order chi connectivity index (χ0) is 21.9. The minimum Gasteiger partial charge on any atom is -0.495 e. The van der Waals surface area contributed by atoms with E-state index in [1.807, 2.05) is 50.7 Å². The van der Waals surface area contributed by atoms with Gasteiger partial charge in [0, 0.05) is 32.5 Å². The molecule has 1 atom stereocenters. The van der Waals surface area contributed by atoms with Gasteiger partial charge in [-0.2, -0.15) is 0 Å². The van der Waals surface area contributed by atoms with E-state index < -0.39 is 17.7 Å². The maximum atomic E-state index is 13.1. The molecule has 9 nitrogen and oxygen atoms in total. The van der Waals surface area contributed by atoms with E-state index in [1.54, 1.807) is 35.2 Å². The van der Waals surface area contributed by atoms with E-state index in [2.05, 4.69) is 10.3 Å². The molecule has 2 heterocycles. The molecule has 0 bridgehead atoms. The van der Waals surface area contributed by atoms with Gasteiger partial charge >= 0.3 is 12.1 Å². The lowest BCUT2D eigenvalue weighted by atomic mass is 10.1. The molecule has 1 aliphatic heterocycles. The van der Waals surface area contributed by atoms with Crippen molar-refractivity contribution in [3.05, 3.63) is 42.5 Å². The summed E-state index contributed by atoms with van der Waals surface area (Å²) in [4.78, 5) is 33.5. The van der Waals surface area contributed by atoms with Crippen molar-refractivity contribution in [1.82, 2.24) is 19.4 Å². The molecule has 1 aliphatic rings. The standard InChI is InChI=1S/C21H29N5O4/c1-21(2,3)30-20(28)25-12-13-26(16(14-25)18-22-10-11-24(18)4)19(27)23-15-8-6-7-9-17(15)29-5/h6-11,16H,12-14H2,1-5H3,(H,23,27). The highest BCUT2D eigenvalue weighted by Gasteiger charge is 2.37. The fourth-order valence-electron chi connectivity index (χ4n) is 3.37. The van der Waals surface area contributed by atoms with Gasteiger partial charge in [-0.15, -0.1) is 0 Å². The van der Waals surface area contributed by atoms with Crippen molar-refractivity contribution in [2.24, 2.45) is 7.05 Å². The van der Waals surface area contributed by atoms with E-state index in [0.29, 0.717) is 36.9 Å². The van der Waals surface area contributed by atoms with Crippen molar-refractivity contribution < 1.29 is 19.1 Å². The number of carbonyl (C=O) groups excluding carboxylic acids is 2. The van der Waals surface area contributed by atoms with Crippen LogP contribution in [0.1, 0.15) is 32.6 Å². The first-order valence-corrected chi connectivity index (χ1v) is 9.85. The Bertz CT molecular complexity index is 905. The normalized spacial score (nSPS) is 16.9. The van der Waals surface area contributed by atoms with Crippen molar-refractivity contribution in [2.75, 3.05) is 32.1 Å². The molecule has 162 valence electrons.